The molecular weight excluding hydrogens is 226 g/mol. The number of hydrogen-bond acceptors (Lipinski definition) is 2. The summed E-state index contributed by atoms with van der Waals surface area (Å²) < 4.78 is 1.96. The number of carbonyl (C=O) groups is 1. The maximum Gasteiger partial charge on any atom is 0.240 e. The fourth-order valence-electron chi connectivity index (χ4n) is 2.50. The van der Waals surface area contributed by atoms with Crippen LogP contribution in [0.5, 0.6) is 0 Å². The molecule has 4 nitrogen and oxygen atoms in total. The van der Waals surface area contributed by atoms with Gasteiger partial charge in [-0.1, -0.05) is 0 Å². The lowest BCUT2D eigenvalue weighted by molar-refractivity contribution is -0.123. The third-order valence-corrected chi connectivity index (χ3v) is 3.20. The summed E-state index contributed by atoms with van der Waals surface area (Å²) in [6.45, 7) is 6.33. The lowest BCUT2D eigenvalue weighted by Crippen LogP contribution is -2.42. The van der Waals surface area contributed by atoms with Gasteiger partial charge in [-0.15, -0.1) is 0 Å². The Hall–Kier alpha value is -1.29. The smallest absolute Gasteiger partial charge is 0.240 e. The standard InChI is InChI=1S/C14H23N3O/c1-14(2,3)16-13(18)9-17-7-10-5-4-6-12(15)11(10)8-17/h7-8,12H,4-6,9,15H2,1-3H3,(H,16,18). The largest absolute Gasteiger partial charge is 0.350 e. The second-order valence-electron chi connectivity index (χ2n) is 6.21. The summed E-state index contributed by atoms with van der Waals surface area (Å²) in [5.74, 6) is 0.0448. The number of nitrogens with two attached hydrogens (primary N) is 1. The Morgan fingerprint density at radius 2 is 2.22 bits per heavy atom. The molecule has 0 radical (unpaired) electrons. The van der Waals surface area contributed by atoms with Gasteiger partial charge in [-0.2, -0.15) is 0 Å². The monoisotopic (exact) mass is 249 g/mol. The number of aryl methyl sites for hydroxylation is 1. The summed E-state index contributed by atoms with van der Waals surface area (Å²) in [4.78, 5) is 11.9. The van der Waals surface area contributed by atoms with E-state index < -0.39 is 0 Å². The van der Waals surface area contributed by atoms with Crippen LogP contribution in [0.15, 0.2) is 12.4 Å². The first-order valence-electron chi connectivity index (χ1n) is 6.60. The summed E-state index contributed by atoms with van der Waals surface area (Å²) in [6, 6.07) is 0.140. The lowest BCUT2D eigenvalue weighted by Gasteiger charge is -2.20. The van der Waals surface area contributed by atoms with Crippen LogP contribution in [0.2, 0.25) is 0 Å². The molecule has 1 aliphatic rings. The first kappa shape index (κ1) is 13.1. The van der Waals surface area contributed by atoms with Gasteiger partial charge < -0.3 is 15.6 Å². The van der Waals surface area contributed by atoms with E-state index >= 15 is 0 Å². The minimum atomic E-state index is -0.180. The molecule has 4 heteroatoms. The molecule has 0 saturated heterocycles. The van der Waals surface area contributed by atoms with Gasteiger partial charge >= 0.3 is 0 Å². The van der Waals surface area contributed by atoms with Gasteiger partial charge in [0.25, 0.3) is 0 Å². The van der Waals surface area contributed by atoms with Crippen molar-refractivity contribution < 1.29 is 4.79 Å². The van der Waals surface area contributed by atoms with Crippen LogP contribution < -0.4 is 11.1 Å². The second kappa shape index (κ2) is 4.76. The van der Waals surface area contributed by atoms with Gasteiger partial charge in [0.2, 0.25) is 5.91 Å². The highest BCUT2D eigenvalue weighted by molar-refractivity contribution is 5.76. The van der Waals surface area contributed by atoms with Crippen LogP contribution >= 0.6 is 0 Å². The molecule has 0 aromatic carbocycles. The lowest BCUT2D eigenvalue weighted by atomic mass is 9.92. The molecule has 0 saturated carbocycles. The van der Waals surface area contributed by atoms with E-state index in [1.807, 2.05) is 31.5 Å². The van der Waals surface area contributed by atoms with E-state index in [4.69, 9.17) is 5.73 Å². The molecule has 0 spiro atoms. The molecule has 2 rings (SSSR count). The quantitative estimate of drug-likeness (QED) is 0.838. The van der Waals surface area contributed by atoms with Crippen molar-refractivity contribution in [3.63, 3.8) is 0 Å². The molecule has 3 N–H and O–H groups in total. The predicted octanol–water partition coefficient (Wildman–Crippen LogP) is 1.74. The molecule has 1 atom stereocenters. The summed E-state index contributed by atoms with van der Waals surface area (Å²) in [7, 11) is 0. The summed E-state index contributed by atoms with van der Waals surface area (Å²) >= 11 is 0. The van der Waals surface area contributed by atoms with Crippen LogP contribution in [0.3, 0.4) is 0 Å². The molecule has 1 unspecified atom stereocenters. The fraction of sp³-hybridized carbons (Fsp3) is 0.643. The van der Waals surface area contributed by atoms with E-state index in [0.29, 0.717) is 6.54 Å². The molecule has 1 aliphatic carbocycles. The molecule has 0 bridgehead atoms. The van der Waals surface area contributed by atoms with Gasteiger partial charge in [0, 0.05) is 24.0 Å². The molecule has 0 fully saturated rings. The number of nitrogens with zero attached hydrogens (tertiary/aromatic N) is 1. The Kier molecular flexibility index (Phi) is 3.48. The molecule has 100 valence electrons. The number of carbonyl (C=O) groups excluding carboxylic acids is 1. The van der Waals surface area contributed by atoms with Gasteiger partial charge in [-0.25, -0.2) is 0 Å². The number of hydrogen-bond donors (Lipinski definition) is 2. The average Bonchev–Trinajstić information content (AvgIpc) is 2.58. The maximum absolute atomic E-state index is 11.9. The molecule has 1 aromatic heterocycles. The zero-order valence-electron chi connectivity index (χ0n) is 11.5. The van der Waals surface area contributed by atoms with Crippen molar-refractivity contribution in [1.29, 1.82) is 0 Å². The fourth-order valence-corrected chi connectivity index (χ4v) is 2.50. The van der Waals surface area contributed by atoms with E-state index in [-0.39, 0.29) is 17.5 Å². The number of amides is 1. The number of nitrogens with one attached hydrogen (secondary N) is 1. The van der Waals surface area contributed by atoms with Gasteiger partial charge in [-0.05, 0) is 51.2 Å². The SMILES string of the molecule is CC(C)(C)NC(=O)Cn1cc2c(c1)C(N)CCC2. The van der Waals surface area contributed by atoms with Gasteiger partial charge in [0.05, 0.1) is 0 Å². The number of aromatic nitrogens is 1. The van der Waals surface area contributed by atoms with E-state index in [1.165, 1.54) is 11.1 Å². The van der Waals surface area contributed by atoms with Crippen molar-refractivity contribution >= 4 is 5.91 Å². The van der Waals surface area contributed by atoms with Crippen molar-refractivity contribution in [3.05, 3.63) is 23.5 Å². The first-order chi connectivity index (χ1) is 8.35. The van der Waals surface area contributed by atoms with Crippen LogP contribution in [-0.2, 0) is 17.8 Å². The summed E-state index contributed by atoms with van der Waals surface area (Å²) in [5, 5.41) is 2.97. The number of fused-ring (bicyclic) bond motifs is 1. The number of rotatable bonds is 2. The predicted molar refractivity (Wildman–Crippen MR) is 72.2 cm³/mol. The Morgan fingerprint density at radius 3 is 2.83 bits per heavy atom. The minimum Gasteiger partial charge on any atom is -0.350 e. The van der Waals surface area contributed by atoms with Crippen LogP contribution in [0.25, 0.3) is 0 Å². The third-order valence-electron chi connectivity index (χ3n) is 3.20. The molecular formula is C14H23N3O. The van der Waals surface area contributed by atoms with Crippen LogP contribution in [-0.4, -0.2) is 16.0 Å². The average molecular weight is 249 g/mol. The van der Waals surface area contributed by atoms with Crippen LogP contribution in [0, 0.1) is 0 Å². The summed E-state index contributed by atoms with van der Waals surface area (Å²) in [5.41, 5.74) is 8.41. The Balaban J connectivity index is 2.05. The topological polar surface area (TPSA) is 60.0 Å². The molecule has 18 heavy (non-hydrogen) atoms. The third kappa shape index (κ3) is 3.13. The van der Waals surface area contributed by atoms with Gasteiger partial charge in [-0.3, -0.25) is 4.79 Å². The first-order valence-corrected chi connectivity index (χ1v) is 6.60. The Morgan fingerprint density at radius 1 is 1.50 bits per heavy atom. The van der Waals surface area contributed by atoms with Crippen molar-refractivity contribution in [1.82, 2.24) is 9.88 Å². The van der Waals surface area contributed by atoms with E-state index in [1.54, 1.807) is 0 Å². The normalized spacial score (nSPS) is 19.4. The highest BCUT2D eigenvalue weighted by atomic mass is 16.2. The van der Waals surface area contributed by atoms with E-state index in [0.717, 1.165) is 19.3 Å². The zero-order valence-corrected chi connectivity index (χ0v) is 11.5. The second-order valence-corrected chi connectivity index (χ2v) is 6.21. The molecule has 0 aliphatic heterocycles. The molecule has 1 amide bonds. The highest BCUT2D eigenvalue weighted by Crippen LogP contribution is 2.28. The van der Waals surface area contributed by atoms with Crippen molar-refractivity contribution in [2.75, 3.05) is 0 Å². The Bertz CT molecular complexity index is 442. The molecule has 1 heterocycles. The van der Waals surface area contributed by atoms with Gasteiger partial charge in [0.1, 0.15) is 6.54 Å². The van der Waals surface area contributed by atoms with Gasteiger partial charge in [0.15, 0.2) is 0 Å². The van der Waals surface area contributed by atoms with Crippen molar-refractivity contribution in [2.45, 2.75) is 58.2 Å². The van der Waals surface area contributed by atoms with Crippen molar-refractivity contribution in [2.24, 2.45) is 5.73 Å². The van der Waals surface area contributed by atoms with Crippen molar-refractivity contribution in [3.8, 4) is 0 Å². The minimum absolute atomic E-state index is 0.0448. The van der Waals surface area contributed by atoms with E-state index in [2.05, 4.69) is 11.5 Å². The van der Waals surface area contributed by atoms with E-state index in [9.17, 15) is 4.79 Å². The zero-order chi connectivity index (χ0) is 13.3. The van der Waals surface area contributed by atoms with Crippen LogP contribution in [0.1, 0.15) is 50.8 Å². The maximum atomic E-state index is 11.9. The molecule has 1 aromatic rings. The van der Waals surface area contributed by atoms with Crippen LogP contribution in [0.4, 0.5) is 0 Å². The summed E-state index contributed by atoms with van der Waals surface area (Å²) in [6.07, 6.45) is 7.37. The highest BCUT2D eigenvalue weighted by Gasteiger charge is 2.20. The Labute approximate surface area is 109 Å².